The third kappa shape index (κ3) is 14.4. The highest BCUT2D eigenvalue weighted by Crippen LogP contribution is 2.57. The van der Waals surface area contributed by atoms with Crippen molar-refractivity contribution in [2.45, 2.75) is 134 Å². The van der Waals surface area contributed by atoms with Gasteiger partial charge >= 0.3 is 18.2 Å². The molecular weight excluding hydrogens is 1110 g/mol. The highest BCUT2D eigenvalue weighted by atomic mass is 16.8. The molecule has 5 amide bonds. The van der Waals surface area contributed by atoms with Gasteiger partial charge in [-0.2, -0.15) is 0 Å². The van der Waals surface area contributed by atoms with E-state index in [2.05, 4.69) is 10.6 Å². The van der Waals surface area contributed by atoms with Gasteiger partial charge in [0.25, 0.3) is 11.8 Å². The van der Waals surface area contributed by atoms with Crippen molar-refractivity contribution >= 4 is 47.4 Å². The number of primary amides is 1. The maximum atomic E-state index is 13.9. The van der Waals surface area contributed by atoms with E-state index in [4.69, 9.17) is 57.8 Å². The van der Waals surface area contributed by atoms with Gasteiger partial charge in [-0.3, -0.25) is 33.7 Å². The number of cyclic esters (lactones) is 1. The zero-order chi connectivity index (χ0) is 60.6. The van der Waals surface area contributed by atoms with Crippen molar-refractivity contribution in [1.29, 1.82) is 0 Å². The molecule has 5 aliphatic heterocycles. The topological polar surface area (TPSA) is 332 Å². The zero-order valence-corrected chi connectivity index (χ0v) is 47.9. The van der Waals surface area contributed by atoms with Crippen LogP contribution < -0.4 is 40.1 Å². The number of ether oxygens (including phenoxy) is 11. The molecule has 0 aromatic heterocycles. The first kappa shape index (κ1) is 61.9. The van der Waals surface area contributed by atoms with Crippen LogP contribution in [0.15, 0.2) is 60.7 Å². The Labute approximate surface area is 489 Å². The molecule has 25 heteroatoms. The number of amides is 5. The molecule has 9 rings (SSSR count). The van der Waals surface area contributed by atoms with E-state index < -0.39 is 96.9 Å². The van der Waals surface area contributed by atoms with Gasteiger partial charge in [0.2, 0.25) is 18.4 Å². The molecule has 3 fully saturated rings. The second-order valence-corrected chi connectivity index (χ2v) is 22.1. The van der Waals surface area contributed by atoms with Crippen LogP contribution in [0.1, 0.15) is 106 Å². The fourth-order valence-corrected chi connectivity index (χ4v) is 11.7. The van der Waals surface area contributed by atoms with Crippen LogP contribution in [-0.4, -0.2) is 153 Å². The molecule has 0 spiro atoms. The third-order valence-corrected chi connectivity index (χ3v) is 16.2. The van der Waals surface area contributed by atoms with E-state index in [0.717, 1.165) is 4.90 Å². The number of imide groups is 1. The van der Waals surface area contributed by atoms with Crippen molar-refractivity contribution in [3.8, 4) is 28.7 Å². The van der Waals surface area contributed by atoms with Crippen molar-refractivity contribution in [1.82, 2.24) is 15.5 Å². The summed E-state index contributed by atoms with van der Waals surface area (Å²) in [5.74, 6) is -4.60. The number of urea groups is 1. The highest BCUT2D eigenvalue weighted by molar-refractivity contribution is 6.12. The lowest BCUT2D eigenvalue weighted by Crippen LogP contribution is -2.63. The normalized spacial score (nSPS) is 25.3. The minimum atomic E-state index is -1.53. The van der Waals surface area contributed by atoms with E-state index in [1.165, 1.54) is 26.4 Å². The second-order valence-electron chi connectivity index (χ2n) is 22.1. The van der Waals surface area contributed by atoms with Crippen molar-refractivity contribution in [2.24, 2.45) is 29.4 Å². The number of hydrogen-bond acceptors (Lipinski definition) is 21. The van der Waals surface area contributed by atoms with E-state index in [0.29, 0.717) is 65.0 Å². The third-order valence-electron chi connectivity index (χ3n) is 16.2. The number of methoxy groups -OCH3 is 2. The Bertz CT molecular complexity index is 2980. The zero-order valence-electron chi connectivity index (χ0n) is 47.9. The van der Waals surface area contributed by atoms with E-state index in [9.17, 15) is 48.6 Å². The van der Waals surface area contributed by atoms with Gasteiger partial charge in [0.1, 0.15) is 36.8 Å². The summed E-state index contributed by atoms with van der Waals surface area (Å²) >= 11 is 0. The van der Waals surface area contributed by atoms with Crippen LogP contribution in [-0.2, 0) is 70.2 Å². The Kier molecular flexibility index (Phi) is 20.1. The maximum Gasteiger partial charge on any atom is 0.514 e. The molecule has 6 N–H and O–H groups in total. The SMILES string of the molecule is COc1cc([C@@H]2c3cc4c(cc3[C@@H](O[C@@H]3O[C@@H]5CO[C@@H](C)O[C@H]5[C@H](O)[C@H]3O)[C@H]3COC(=O)[C@H]23)OCO4)cc(OC)c1OC(=O)OCc1ccc(CC(=O)[C@H](CCCNC(N)=O)NC(=O)[C@@H](CC(=O)CCCCCN2C(=O)C=CC2=O)C(C)C)cc1. The first-order chi connectivity index (χ1) is 40.8. The number of aliphatic hydroxyl groups excluding tert-OH is 2. The van der Waals surface area contributed by atoms with Gasteiger partial charge in [0.15, 0.2) is 41.4 Å². The quantitative estimate of drug-likeness (QED) is 0.0327. The Morgan fingerprint density at radius 3 is 2.18 bits per heavy atom. The van der Waals surface area contributed by atoms with E-state index in [1.54, 1.807) is 55.5 Å². The number of benzene rings is 3. The summed E-state index contributed by atoms with van der Waals surface area (Å²) in [5.41, 5.74) is 8.04. The van der Waals surface area contributed by atoms with Crippen LogP contribution in [0.4, 0.5) is 9.59 Å². The van der Waals surface area contributed by atoms with Crippen molar-refractivity contribution in [3.05, 3.63) is 88.5 Å². The second kappa shape index (κ2) is 27.6. The van der Waals surface area contributed by atoms with Gasteiger partial charge in [0.05, 0.1) is 45.5 Å². The van der Waals surface area contributed by atoms with Crippen molar-refractivity contribution < 1.29 is 101 Å². The molecule has 3 aromatic rings. The molecule has 5 heterocycles. The van der Waals surface area contributed by atoms with Gasteiger partial charge in [-0.05, 0) is 90.6 Å². The number of hydrogen-bond donors (Lipinski definition) is 5. The number of esters is 1. The minimum absolute atomic E-state index is 0.0402. The predicted molar refractivity (Wildman–Crippen MR) is 294 cm³/mol. The fourth-order valence-electron chi connectivity index (χ4n) is 11.7. The maximum absolute atomic E-state index is 13.9. The number of nitrogens with two attached hydrogens (primary N) is 1. The van der Waals surface area contributed by atoms with Crippen LogP contribution in [0.3, 0.4) is 0 Å². The lowest BCUT2D eigenvalue weighted by molar-refractivity contribution is -0.364. The van der Waals surface area contributed by atoms with Crippen LogP contribution in [0, 0.1) is 23.7 Å². The number of nitrogens with one attached hydrogen (secondary N) is 2. The van der Waals surface area contributed by atoms with Crippen molar-refractivity contribution in [3.63, 3.8) is 0 Å². The predicted octanol–water partition coefficient (Wildman–Crippen LogP) is 4.11. The molecule has 0 bridgehead atoms. The Hall–Kier alpha value is -7.68. The number of nitrogens with zero attached hydrogens (tertiary/aromatic N) is 1. The lowest BCUT2D eigenvalue weighted by atomic mass is 9.66. The first-order valence-electron chi connectivity index (χ1n) is 28.5. The Morgan fingerprint density at radius 1 is 0.824 bits per heavy atom. The van der Waals surface area contributed by atoms with Crippen LogP contribution >= 0.6 is 0 Å². The summed E-state index contributed by atoms with van der Waals surface area (Å²) in [4.78, 5) is 104. The molecule has 458 valence electrons. The number of unbranched alkanes of at least 4 members (excludes halogenated alkanes) is 2. The molecule has 1 aliphatic carbocycles. The molecule has 3 saturated heterocycles. The standard InChI is InChI=1S/C60H72N4O21/c1-30(2)36(23-35(65)10-7-6-8-19-64-47(67)16-17-48(64)68)56(71)63-40(11-9-18-62-59(61)73)41(66)20-32-12-14-33(15-13-32)26-79-60(74)85-54-44(75-4)21-34(22-45(54)76-5)49-37-24-42-43(81-29-80-42)25-38(37)53(39-27-78-57(72)50(39)49)84-58-52(70)51(69)55-46(83-58)28-77-31(3)82-55/h12-17,21-22,24-25,30-31,36,39-40,46,49-53,55,58,69-70H,6-11,18-20,23,26-29H2,1-5H3,(H,63,71)(H3,61,62,73)/t31-,36+,39+,40+,46-,49-,50+,51-,52-,53-,55-,58+/m1/s1. The van der Waals surface area contributed by atoms with E-state index in [1.807, 2.05) is 13.8 Å². The summed E-state index contributed by atoms with van der Waals surface area (Å²) in [6, 6.07) is 11.7. The Balaban J connectivity index is 0.832. The van der Waals surface area contributed by atoms with Gasteiger partial charge in [0, 0.05) is 62.3 Å². The van der Waals surface area contributed by atoms with Gasteiger partial charge < -0.3 is 78.7 Å². The van der Waals surface area contributed by atoms with Gasteiger partial charge in [-0.15, -0.1) is 0 Å². The van der Waals surface area contributed by atoms with E-state index in [-0.39, 0.29) is 112 Å². The molecule has 85 heavy (non-hydrogen) atoms. The number of carbonyl (C=O) groups excluding carboxylic acids is 8. The monoisotopic (exact) mass is 1180 g/mol. The summed E-state index contributed by atoms with van der Waals surface area (Å²) in [5, 5.41) is 27.8. The number of aliphatic hydroxyl groups is 2. The van der Waals surface area contributed by atoms with Crippen LogP contribution in [0.2, 0.25) is 0 Å². The Morgan fingerprint density at radius 2 is 1.51 bits per heavy atom. The minimum Gasteiger partial charge on any atom is -0.493 e. The molecule has 6 aliphatic rings. The molecule has 3 aromatic carbocycles. The first-order valence-corrected chi connectivity index (χ1v) is 28.5. The average Bonchev–Trinajstić information content (AvgIpc) is 3.81. The number of carbonyl (C=O) groups is 8. The number of Topliss-reactive ketones (excluding diaryl/α,β-unsaturated/α-hetero) is 2. The summed E-state index contributed by atoms with van der Waals surface area (Å²) in [6.07, 6.45) is -3.90. The summed E-state index contributed by atoms with van der Waals surface area (Å²) in [6.45, 7) is 5.44. The molecule has 0 unspecified atom stereocenters. The molecule has 25 nitrogen and oxygen atoms in total. The fraction of sp³-hybridized carbons (Fsp3) is 0.533. The van der Waals surface area contributed by atoms with Gasteiger partial charge in [-0.1, -0.05) is 44.5 Å². The van der Waals surface area contributed by atoms with Crippen molar-refractivity contribution in [2.75, 3.05) is 47.3 Å². The molecule has 0 saturated carbocycles. The lowest BCUT2D eigenvalue weighted by Gasteiger charge is -2.47. The average molecular weight is 1190 g/mol. The largest absolute Gasteiger partial charge is 0.514 e. The summed E-state index contributed by atoms with van der Waals surface area (Å²) < 4.78 is 64.2. The van der Waals surface area contributed by atoms with Crippen LogP contribution in [0.5, 0.6) is 28.7 Å². The van der Waals surface area contributed by atoms with Gasteiger partial charge in [-0.25, -0.2) is 9.59 Å². The number of fused-ring (bicyclic) bond motifs is 4. The van der Waals surface area contributed by atoms with E-state index >= 15 is 0 Å². The molecular formula is C60H72N4O21. The number of ketones is 2. The smallest absolute Gasteiger partial charge is 0.493 e. The van der Waals surface area contributed by atoms with Crippen LogP contribution in [0.25, 0.3) is 0 Å². The highest BCUT2D eigenvalue weighted by Gasteiger charge is 2.56. The number of rotatable bonds is 26. The summed E-state index contributed by atoms with van der Waals surface area (Å²) in [7, 11) is 2.73. The molecule has 0 radical (unpaired) electrons. The molecule has 12 atom stereocenters.